The van der Waals surface area contributed by atoms with E-state index in [0.717, 1.165) is 16.8 Å². The van der Waals surface area contributed by atoms with E-state index < -0.39 is 5.56 Å². The van der Waals surface area contributed by atoms with E-state index in [1.165, 1.54) is 6.08 Å². The van der Waals surface area contributed by atoms with Gasteiger partial charge in [-0.25, -0.2) is 4.85 Å². The number of benzene rings is 2. The maximum atomic E-state index is 14.4. The molecule has 1 aliphatic heterocycles. The Labute approximate surface area is 244 Å². The number of carbonyl (C=O) groups is 1. The Morgan fingerprint density at radius 2 is 1.98 bits per heavy atom. The van der Waals surface area contributed by atoms with Crippen molar-refractivity contribution in [1.82, 2.24) is 14.6 Å². The maximum Gasteiger partial charge on any atom is 0.274 e. The second-order valence-electron chi connectivity index (χ2n) is 10.7. The highest BCUT2D eigenvalue weighted by molar-refractivity contribution is 6.34. The van der Waals surface area contributed by atoms with Crippen LogP contribution in [0.2, 0.25) is 5.02 Å². The average Bonchev–Trinajstić information content (AvgIpc) is 3.29. The molecule has 9 heteroatoms. The number of hydrogen-bond donors (Lipinski definition) is 0. The predicted molar refractivity (Wildman–Crippen MR) is 163 cm³/mol. The Morgan fingerprint density at radius 1 is 1.24 bits per heavy atom. The van der Waals surface area contributed by atoms with Gasteiger partial charge in [0.15, 0.2) is 0 Å². The Balaban J connectivity index is 1.88. The van der Waals surface area contributed by atoms with Crippen molar-refractivity contribution in [2.75, 3.05) is 24.5 Å². The first-order valence-electron chi connectivity index (χ1n) is 13.6. The summed E-state index contributed by atoms with van der Waals surface area (Å²) in [6, 6.07) is 11.4. The number of rotatable bonds is 5. The smallest absolute Gasteiger partial charge is 0.274 e. The number of amides is 1. The summed E-state index contributed by atoms with van der Waals surface area (Å²) < 4.78 is 7.09. The number of piperazine rings is 1. The second-order valence-corrected chi connectivity index (χ2v) is 11.1. The highest BCUT2D eigenvalue weighted by atomic mass is 35.5. The lowest BCUT2D eigenvalue weighted by atomic mass is 9.98. The number of hydrogen-bond acceptors (Lipinski definition) is 5. The first-order valence-corrected chi connectivity index (χ1v) is 14.0. The van der Waals surface area contributed by atoms with Gasteiger partial charge in [-0.1, -0.05) is 55.4 Å². The molecule has 5 rings (SSSR count). The number of carbonyl (C=O) groups excluding carboxylic acids is 1. The number of aryl methyl sites for hydroxylation is 2. The molecule has 3 heterocycles. The van der Waals surface area contributed by atoms with E-state index in [9.17, 15) is 9.59 Å². The molecular formula is C32H32ClN5O3. The first-order chi connectivity index (χ1) is 19.6. The Kier molecular flexibility index (Phi) is 7.50. The number of para-hydroxylation sites is 1. The molecule has 8 nitrogen and oxygen atoms in total. The highest BCUT2D eigenvalue weighted by Crippen LogP contribution is 2.43. The van der Waals surface area contributed by atoms with Gasteiger partial charge in [-0.3, -0.25) is 14.2 Å². The number of halogens is 1. The van der Waals surface area contributed by atoms with E-state index in [1.807, 2.05) is 57.2 Å². The summed E-state index contributed by atoms with van der Waals surface area (Å²) in [5.74, 6) is 0.614. The number of nitrogens with zero attached hydrogens (tertiary/aromatic N) is 5. The molecule has 2 aromatic carbocycles. The normalized spacial score (nSPS) is 15.4. The molecule has 1 fully saturated rings. The first kappa shape index (κ1) is 28.2. The zero-order chi connectivity index (χ0) is 29.6. The van der Waals surface area contributed by atoms with Gasteiger partial charge in [0.25, 0.3) is 11.2 Å². The molecule has 0 unspecified atom stereocenters. The van der Waals surface area contributed by atoms with Crippen LogP contribution in [0.4, 0.5) is 11.4 Å². The van der Waals surface area contributed by atoms with Crippen molar-refractivity contribution >= 4 is 39.8 Å². The molecule has 41 heavy (non-hydrogen) atoms. The lowest BCUT2D eigenvalue weighted by Crippen LogP contribution is -2.53. The Hall–Kier alpha value is -4.35. The van der Waals surface area contributed by atoms with Crippen molar-refractivity contribution in [1.29, 1.82) is 0 Å². The van der Waals surface area contributed by atoms with Crippen LogP contribution in [0.1, 0.15) is 43.7 Å². The van der Waals surface area contributed by atoms with Crippen molar-refractivity contribution < 1.29 is 9.32 Å². The summed E-state index contributed by atoms with van der Waals surface area (Å²) >= 11 is 6.97. The van der Waals surface area contributed by atoms with Crippen LogP contribution in [0.15, 0.2) is 58.4 Å². The molecule has 1 aliphatic rings. The number of anilines is 1. The van der Waals surface area contributed by atoms with Crippen molar-refractivity contribution in [3.8, 4) is 16.8 Å². The van der Waals surface area contributed by atoms with Crippen LogP contribution in [-0.2, 0) is 4.79 Å². The van der Waals surface area contributed by atoms with E-state index in [0.29, 0.717) is 58.3 Å². The highest BCUT2D eigenvalue weighted by Gasteiger charge is 2.32. The van der Waals surface area contributed by atoms with Gasteiger partial charge < -0.3 is 14.3 Å². The lowest BCUT2D eigenvalue weighted by molar-refractivity contribution is -0.126. The van der Waals surface area contributed by atoms with E-state index in [2.05, 4.69) is 35.3 Å². The molecule has 1 atom stereocenters. The molecule has 1 saturated heterocycles. The third-order valence-corrected chi connectivity index (χ3v) is 8.14. The number of fused-ring (bicyclic) bond motifs is 1. The van der Waals surface area contributed by atoms with E-state index in [1.54, 1.807) is 9.47 Å². The topological polar surface area (TPSA) is 75.9 Å². The fourth-order valence-corrected chi connectivity index (χ4v) is 6.13. The third-order valence-electron chi connectivity index (χ3n) is 7.83. The van der Waals surface area contributed by atoms with Gasteiger partial charge in [-0.15, -0.1) is 0 Å². The molecule has 4 aromatic rings. The van der Waals surface area contributed by atoms with Gasteiger partial charge in [0.05, 0.1) is 29.2 Å². The lowest BCUT2D eigenvalue weighted by Gasteiger charge is -2.42. The summed E-state index contributed by atoms with van der Waals surface area (Å²) in [4.78, 5) is 34.3. The Bertz CT molecular complexity index is 1780. The van der Waals surface area contributed by atoms with Crippen LogP contribution < -0.4 is 10.5 Å². The summed E-state index contributed by atoms with van der Waals surface area (Å²) in [7, 11) is 0. The molecule has 1 amide bonds. The Morgan fingerprint density at radius 3 is 2.59 bits per heavy atom. The molecule has 210 valence electrons. The van der Waals surface area contributed by atoms with Gasteiger partial charge in [0, 0.05) is 47.2 Å². The van der Waals surface area contributed by atoms with Crippen molar-refractivity contribution in [3.05, 3.63) is 92.9 Å². The van der Waals surface area contributed by atoms with Crippen LogP contribution in [0.25, 0.3) is 32.6 Å². The standard InChI is InChI=1S/C32H32ClN5O3/c1-8-28(39)36-13-14-37(19(4)17-36)31-24-15-25(33)23(29-20(5)35-41-21(29)6)16-27(24)38(32(40)30(31)34-7)26-12-10-9-11-22(26)18(2)3/h8-12,15-16,18-19H,1,13-14,17H2,2-6H3/t19-/m0/s1. The van der Waals surface area contributed by atoms with Gasteiger partial charge in [-0.2, -0.15) is 0 Å². The van der Waals surface area contributed by atoms with Gasteiger partial charge >= 0.3 is 0 Å². The molecular weight excluding hydrogens is 538 g/mol. The van der Waals surface area contributed by atoms with Gasteiger partial charge in [0.2, 0.25) is 5.91 Å². The third kappa shape index (κ3) is 4.70. The van der Waals surface area contributed by atoms with Gasteiger partial charge in [-0.05, 0) is 56.5 Å². The molecule has 0 radical (unpaired) electrons. The second kappa shape index (κ2) is 10.9. The van der Waals surface area contributed by atoms with Crippen molar-refractivity contribution in [2.24, 2.45) is 0 Å². The van der Waals surface area contributed by atoms with Crippen LogP contribution in [0, 0.1) is 20.4 Å². The summed E-state index contributed by atoms with van der Waals surface area (Å²) in [5, 5.41) is 5.26. The van der Waals surface area contributed by atoms with Crippen molar-refractivity contribution in [3.63, 3.8) is 0 Å². The quantitative estimate of drug-likeness (QED) is 0.195. The fraction of sp³-hybridized carbons (Fsp3) is 0.312. The van der Waals surface area contributed by atoms with E-state index in [-0.39, 0.29) is 23.6 Å². The minimum Gasteiger partial charge on any atom is -0.373 e. The molecule has 0 bridgehead atoms. The summed E-state index contributed by atoms with van der Waals surface area (Å²) in [6.45, 7) is 22.9. The van der Waals surface area contributed by atoms with Gasteiger partial charge in [0.1, 0.15) is 5.76 Å². The summed E-state index contributed by atoms with van der Waals surface area (Å²) in [5.41, 5.74) is 4.64. The molecule has 2 aromatic heterocycles. The predicted octanol–water partition coefficient (Wildman–Crippen LogP) is 6.81. The monoisotopic (exact) mass is 569 g/mol. The SMILES string of the molecule is [C-]#[N+]c1c(N2CCN(C(=O)C=C)C[C@@H]2C)c2cc(Cl)c(-c3c(C)noc3C)cc2n(-c2ccccc2C(C)C)c1=O. The maximum absolute atomic E-state index is 14.4. The number of aromatic nitrogens is 2. The number of pyridine rings is 1. The van der Waals surface area contributed by atoms with Crippen LogP contribution in [0.3, 0.4) is 0 Å². The molecule has 0 spiro atoms. The largest absolute Gasteiger partial charge is 0.373 e. The molecule has 0 saturated carbocycles. The minimum absolute atomic E-state index is 0.0209. The van der Waals surface area contributed by atoms with Crippen LogP contribution in [0.5, 0.6) is 0 Å². The van der Waals surface area contributed by atoms with E-state index >= 15 is 0 Å². The zero-order valence-corrected chi connectivity index (χ0v) is 24.6. The molecule has 0 N–H and O–H groups in total. The van der Waals surface area contributed by atoms with E-state index in [4.69, 9.17) is 22.7 Å². The van der Waals surface area contributed by atoms with Crippen LogP contribution >= 0.6 is 11.6 Å². The minimum atomic E-state index is -0.403. The van der Waals surface area contributed by atoms with Crippen molar-refractivity contribution in [2.45, 2.75) is 46.6 Å². The fourth-order valence-electron chi connectivity index (χ4n) is 5.87. The molecule has 0 aliphatic carbocycles. The van der Waals surface area contributed by atoms with Crippen LogP contribution in [-0.4, -0.2) is 46.2 Å². The summed E-state index contributed by atoms with van der Waals surface area (Å²) in [6.07, 6.45) is 1.31. The average molecular weight is 570 g/mol. The zero-order valence-electron chi connectivity index (χ0n) is 23.9.